The number of nitrogens with one attached hydrogen (secondary N) is 2. The topological polar surface area (TPSA) is 124 Å². The summed E-state index contributed by atoms with van der Waals surface area (Å²) in [5, 5.41) is 2.57. The molecule has 0 fully saturated rings. The second-order valence-electron chi connectivity index (χ2n) is 5.73. The van der Waals surface area contributed by atoms with Gasteiger partial charge in [0, 0.05) is 19.9 Å². The first-order valence-electron chi connectivity index (χ1n) is 8.47. The summed E-state index contributed by atoms with van der Waals surface area (Å²) in [5.41, 5.74) is 0.0506. The van der Waals surface area contributed by atoms with Crippen LogP contribution >= 0.6 is 0 Å². The number of aromatic nitrogens is 1. The van der Waals surface area contributed by atoms with Crippen molar-refractivity contribution in [2.24, 2.45) is 0 Å². The van der Waals surface area contributed by atoms with Crippen molar-refractivity contribution in [2.75, 3.05) is 32.6 Å². The lowest BCUT2D eigenvalue weighted by atomic mass is 10.2. The van der Waals surface area contributed by atoms with Crippen molar-refractivity contribution >= 4 is 21.8 Å². The third kappa shape index (κ3) is 7.47. The van der Waals surface area contributed by atoms with Gasteiger partial charge in [0.2, 0.25) is 10.0 Å². The first kappa shape index (κ1) is 22.2. The van der Waals surface area contributed by atoms with Gasteiger partial charge in [0.15, 0.2) is 0 Å². The number of hydrogen-bond donors (Lipinski definition) is 2. The molecule has 1 heterocycles. The minimum atomic E-state index is -3.97. The molecule has 0 aliphatic rings. The van der Waals surface area contributed by atoms with Crippen LogP contribution in [0.1, 0.15) is 20.8 Å². The summed E-state index contributed by atoms with van der Waals surface area (Å²) in [5.74, 6) is -1.95. The predicted octanol–water partition coefficient (Wildman–Crippen LogP) is 0.735. The fraction of sp³-hybridized carbons (Fsp3) is 0.278. The maximum atomic E-state index is 12.8. The van der Waals surface area contributed by atoms with Crippen LogP contribution in [-0.2, 0) is 14.8 Å². The van der Waals surface area contributed by atoms with Gasteiger partial charge in [0.25, 0.3) is 11.8 Å². The van der Waals surface area contributed by atoms with Gasteiger partial charge in [-0.3, -0.25) is 14.6 Å². The fourth-order valence-electron chi connectivity index (χ4n) is 2.07. The molecule has 0 radical (unpaired) electrons. The fourth-order valence-corrected chi connectivity index (χ4v) is 2.88. The highest BCUT2D eigenvalue weighted by Crippen LogP contribution is 2.11. The molecule has 2 rings (SSSR count). The lowest BCUT2D eigenvalue weighted by molar-refractivity contribution is 0.0929. The number of hydrogen-bond acceptors (Lipinski definition) is 7. The van der Waals surface area contributed by atoms with Crippen molar-refractivity contribution in [3.8, 4) is 5.75 Å². The van der Waals surface area contributed by atoms with Gasteiger partial charge in [-0.05, 0) is 36.4 Å². The van der Waals surface area contributed by atoms with Gasteiger partial charge >= 0.3 is 0 Å². The van der Waals surface area contributed by atoms with Crippen molar-refractivity contribution in [1.29, 1.82) is 0 Å². The summed E-state index contributed by atoms with van der Waals surface area (Å²) >= 11 is 0. The number of carbonyl (C=O) groups is 2. The molecule has 0 aliphatic carbocycles. The second-order valence-corrected chi connectivity index (χ2v) is 7.58. The molecule has 0 unspecified atom stereocenters. The zero-order valence-electron chi connectivity index (χ0n) is 15.6. The van der Waals surface area contributed by atoms with Crippen molar-refractivity contribution in [3.05, 3.63) is 59.7 Å². The van der Waals surface area contributed by atoms with E-state index in [-0.39, 0.29) is 17.9 Å². The van der Waals surface area contributed by atoms with Crippen LogP contribution in [0.25, 0.3) is 0 Å². The number of benzene rings is 1. The van der Waals surface area contributed by atoms with Crippen LogP contribution in [0.3, 0.4) is 0 Å². The molecule has 2 N–H and O–H groups in total. The molecule has 29 heavy (non-hydrogen) atoms. The molecule has 0 saturated carbocycles. The number of rotatable bonds is 10. The van der Waals surface area contributed by atoms with E-state index in [9.17, 15) is 22.4 Å². The Morgan fingerprint density at radius 3 is 2.41 bits per heavy atom. The number of amides is 2. The zero-order chi connectivity index (χ0) is 21.3. The summed E-state index contributed by atoms with van der Waals surface area (Å²) in [6.07, 6.45) is 1.10. The molecule has 2 aromatic rings. The lowest BCUT2D eigenvalue weighted by Gasteiger charge is -2.09. The Morgan fingerprint density at radius 2 is 1.79 bits per heavy atom. The van der Waals surface area contributed by atoms with Gasteiger partial charge in [0.05, 0.1) is 12.2 Å². The van der Waals surface area contributed by atoms with E-state index in [0.717, 1.165) is 6.20 Å². The Hall–Kier alpha value is -3.05. The van der Waals surface area contributed by atoms with E-state index in [1.54, 1.807) is 0 Å². The third-order valence-electron chi connectivity index (χ3n) is 3.53. The molecule has 1 aromatic carbocycles. The largest absolute Gasteiger partial charge is 0.492 e. The summed E-state index contributed by atoms with van der Waals surface area (Å²) in [4.78, 5) is 27.8. The average Bonchev–Trinajstić information content (AvgIpc) is 2.69. The quantitative estimate of drug-likeness (QED) is 0.538. The Balaban J connectivity index is 1.85. The summed E-state index contributed by atoms with van der Waals surface area (Å²) < 4.78 is 48.7. The number of carbonyl (C=O) groups excluding carboxylic acids is 2. The smallest absolute Gasteiger partial charge is 0.269 e. The molecule has 0 spiro atoms. The Labute approximate surface area is 167 Å². The average molecular weight is 425 g/mol. The van der Waals surface area contributed by atoms with Crippen LogP contribution in [0.4, 0.5) is 4.39 Å². The van der Waals surface area contributed by atoms with E-state index in [1.165, 1.54) is 43.5 Å². The van der Waals surface area contributed by atoms with Gasteiger partial charge in [-0.2, -0.15) is 0 Å². The van der Waals surface area contributed by atoms with Crippen LogP contribution in [0.15, 0.2) is 42.6 Å². The van der Waals surface area contributed by atoms with Gasteiger partial charge in [-0.15, -0.1) is 0 Å². The first-order valence-corrected chi connectivity index (χ1v) is 10.1. The lowest BCUT2D eigenvalue weighted by Crippen LogP contribution is -2.34. The van der Waals surface area contributed by atoms with Gasteiger partial charge in [-0.25, -0.2) is 17.5 Å². The Kier molecular flexibility index (Phi) is 8.04. The van der Waals surface area contributed by atoms with E-state index < -0.39 is 33.4 Å². The standard InChI is InChI=1S/C18H20FN3O6S/c1-27-9-8-20-18(24)16-7-2-13(12-21-16)17(23)22-29(25,26)11-10-28-15-5-3-14(19)4-6-15/h2-7,12H,8-11H2,1H3,(H,20,24)(H,22,23). The normalized spacial score (nSPS) is 11.0. The molecule has 0 saturated heterocycles. The molecular formula is C18H20FN3O6S. The highest BCUT2D eigenvalue weighted by molar-refractivity contribution is 7.90. The number of methoxy groups -OCH3 is 1. The van der Waals surface area contributed by atoms with E-state index >= 15 is 0 Å². The van der Waals surface area contributed by atoms with E-state index in [4.69, 9.17) is 9.47 Å². The molecule has 0 aliphatic heterocycles. The summed E-state index contributed by atoms with van der Waals surface area (Å²) in [6, 6.07) is 7.68. The van der Waals surface area contributed by atoms with E-state index in [1.807, 2.05) is 4.72 Å². The molecular weight excluding hydrogens is 405 g/mol. The van der Waals surface area contributed by atoms with Crippen molar-refractivity contribution < 1.29 is 31.9 Å². The van der Waals surface area contributed by atoms with Crippen LogP contribution in [0.2, 0.25) is 0 Å². The highest BCUT2D eigenvalue weighted by atomic mass is 32.2. The van der Waals surface area contributed by atoms with E-state index in [0.29, 0.717) is 18.9 Å². The molecule has 11 heteroatoms. The number of pyridine rings is 1. The molecule has 9 nitrogen and oxygen atoms in total. The highest BCUT2D eigenvalue weighted by Gasteiger charge is 2.17. The van der Waals surface area contributed by atoms with E-state index in [2.05, 4.69) is 10.3 Å². The maximum Gasteiger partial charge on any atom is 0.269 e. The Bertz CT molecular complexity index is 933. The van der Waals surface area contributed by atoms with Crippen LogP contribution in [-0.4, -0.2) is 57.8 Å². The molecule has 1 aromatic heterocycles. The SMILES string of the molecule is COCCNC(=O)c1ccc(C(=O)NS(=O)(=O)CCOc2ccc(F)cc2)cn1. The first-order chi connectivity index (χ1) is 13.8. The molecule has 0 bridgehead atoms. The molecule has 0 atom stereocenters. The predicted molar refractivity (Wildman–Crippen MR) is 102 cm³/mol. The van der Waals surface area contributed by atoms with Crippen molar-refractivity contribution in [3.63, 3.8) is 0 Å². The summed E-state index contributed by atoms with van der Waals surface area (Å²) in [6.45, 7) is 0.416. The minimum Gasteiger partial charge on any atom is -0.492 e. The van der Waals surface area contributed by atoms with Crippen molar-refractivity contribution in [1.82, 2.24) is 15.0 Å². The maximum absolute atomic E-state index is 12.8. The second kappa shape index (κ2) is 10.5. The minimum absolute atomic E-state index is 0.0264. The summed E-state index contributed by atoms with van der Waals surface area (Å²) in [7, 11) is -2.47. The zero-order valence-corrected chi connectivity index (χ0v) is 16.4. The van der Waals surface area contributed by atoms with Crippen LogP contribution in [0, 0.1) is 5.82 Å². The molecule has 2 amide bonds. The van der Waals surface area contributed by atoms with Gasteiger partial charge in [0.1, 0.15) is 29.6 Å². The van der Waals surface area contributed by atoms with Crippen LogP contribution < -0.4 is 14.8 Å². The van der Waals surface area contributed by atoms with Gasteiger partial charge in [-0.1, -0.05) is 0 Å². The number of halogens is 1. The van der Waals surface area contributed by atoms with Crippen LogP contribution in [0.5, 0.6) is 5.75 Å². The number of sulfonamides is 1. The third-order valence-corrected chi connectivity index (χ3v) is 4.73. The number of nitrogens with zero attached hydrogens (tertiary/aromatic N) is 1. The number of ether oxygens (including phenoxy) is 2. The molecule has 156 valence electrons. The Morgan fingerprint density at radius 1 is 1.07 bits per heavy atom. The van der Waals surface area contributed by atoms with Crippen molar-refractivity contribution in [2.45, 2.75) is 0 Å². The van der Waals surface area contributed by atoms with Gasteiger partial charge < -0.3 is 14.8 Å². The monoisotopic (exact) mass is 425 g/mol.